The highest BCUT2D eigenvalue weighted by Crippen LogP contribution is 2.23. The zero-order valence-electron chi connectivity index (χ0n) is 14.2. The molecule has 1 aromatic carbocycles. The molecule has 0 saturated heterocycles. The van der Waals surface area contributed by atoms with E-state index in [1.165, 1.54) is 6.07 Å². The Balaban J connectivity index is 2.07. The molecule has 2 aromatic rings. The Kier molecular flexibility index (Phi) is 6.16. The Labute approximate surface area is 144 Å². The summed E-state index contributed by atoms with van der Waals surface area (Å²) < 4.78 is 10.5. The number of carbonyl (C=O) groups is 2. The number of carbonyl (C=O) groups excluding carboxylic acids is 1. The van der Waals surface area contributed by atoms with E-state index in [4.69, 9.17) is 14.3 Å². The van der Waals surface area contributed by atoms with E-state index in [1.807, 2.05) is 13.8 Å². The third kappa shape index (κ3) is 4.82. The zero-order chi connectivity index (χ0) is 18.4. The van der Waals surface area contributed by atoms with Crippen LogP contribution in [0.1, 0.15) is 32.3 Å². The molecule has 134 valence electrons. The summed E-state index contributed by atoms with van der Waals surface area (Å²) in [7, 11) is 0. The highest BCUT2D eigenvalue weighted by atomic mass is 16.5. The molecule has 0 fully saturated rings. The molecular weight excluding hydrogens is 326 g/mol. The van der Waals surface area contributed by atoms with E-state index in [9.17, 15) is 14.4 Å². The van der Waals surface area contributed by atoms with Gasteiger partial charge >= 0.3 is 11.6 Å². The van der Waals surface area contributed by atoms with Gasteiger partial charge in [0.15, 0.2) is 6.61 Å². The number of benzene rings is 1. The molecule has 2 N–H and O–H groups in total. The predicted molar refractivity (Wildman–Crippen MR) is 91.8 cm³/mol. The van der Waals surface area contributed by atoms with Crippen LogP contribution in [-0.2, 0) is 16.0 Å². The fourth-order valence-electron chi connectivity index (χ4n) is 2.52. The second kappa shape index (κ2) is 8.32. The van der Waals surface area contributed by atoms with Crippen molar-refractivity contribution >= 4 is 22.8 Å². The van der Waals surface area contributed by atoms with Crippen molar-refractivity contribution in [1.29, 1.82) is 0 Å². The number of nitrogens with one attached hydrogen (secondary N) is 1. The van der Waals surface area contributed by atoms with Gasteiger partial charge in [0.25, 0.3) is 5.91 Å². The van der Waals surface area contributed by atoms with Gasteiger partial charge in [-0.15, -0.1) is 0 Å². The average molecular weight is 347 g/mol. The summed E-state index contributed by atoms with van der Waals surface area (Å²) in [5.41, 5.74) is 0.819. The van der Waals surface area contributed by atoms with Gasteiger partial charge in [-0.25, -0.2) is 9.59 Å². The predicted octanol–water partition coefficient (Wildman–Crippen LogP) is 2.10. The molecule has 25 heavy (non-hydrogen) atoms. The first-order valence-corrected chi connectivity index (χ1v) is 8.16. The molecule has 0 saturated carbocycles. The van der Waals surface area contributed by atoms with E-state index in [0.717, 1.165) is 10.9 Å². The molecule has 0 aliphatic carbocycles. The van der Waals surface area contributed by atoms with Crippen LogP contribution in [0.25, 0.3) is 11.0 Å². The highest BCUT2D eigenvalue weighted by Gasteiger charge is 2.19. The smallest absolute Gasteiger partial charge is 0.336 e. The average Bonchev–Trinajstić information content (AvgIpc) is 2.58. The van der Waals surface area contributed by atoms with Gasteiger partial charge in [-0.2, -0.15) is 0 Å². The molecule has 0 aliphatic heterocycles. The van der Waals surface area contributed by atoms with Crippen LogP contribution in [0.3, 0.4) is 0 Å². The maximum Gasteiger partial charge on any atom is 0.336 e. The minimum absolute atomic E-state index is 0.323. The lowest BCUT2D eigenvalue weighted by Crippen LogP contribution is -2.42. The molecule has 2 rings (SSSR count). The van der Waals surface area contributed by atoms with E-state index >= 15 is 0 Å². The van der Waals surface area contributed by atoms with E-state index in [2.05, 4.69) is 5.32 Å². The first-order chi connectivity index (χ1) is 11.9. The largest absolute Gasteiger partial charge is 0.484 e. The number of aliphatic carboxylic acids is 1. The summed E-state index contributed by atoms with van der Waals surface area (Å²) in [4.78, 5) is 34.5. The minimum atomic E-state index is -1.07. The van der Waals surface area contributed by atoms with Gasteiger partial charge in [0.05, 0.1) is 0 Å². The summed E-state index contributed by atoms with van der Waals surface area (Å²) in [6, 6.07) is 5.51. The second-order valence-electron chi connectivity index (χ2n) is 5.64. The van der Waals surface area contributed by atoms with Crippen LogP contribution in [-0.4, -0.2) is 29.6 Å². The Hall–Kier alpha value is -2.83. The van der Waals surface area contributed by atoms with Crippen LogP contribution >= 0.6 is 0 Å². The summed E-state index contributed by atoms with van der Waals surface area (Å²) in [5, 5.41) is 12.3. The topological polar surface area (TPSA) is 106 Å². The first kappa shape index (κ1) is 18.5. The van der Waals surface area contributed by atoms with Gasteiger partial charge in [-0.05, 0) is 30.5 Å². The Morgan fingerprint density at radius 1 is 1.28 bits per heavy atom. The number of rotatable bonds is 8. The Bertz CT molecular complexity index is 826. The number of aryl methyl sites for hydroxylation is 1. The molecule has 0 aliphatic rings. The molecule has 7 nitrogen and oxygen atoms in total. The minimum Gasteiger partial charge on any atom is -0.484 e. The first-order valence-electron chi connectivity index (χ1n) is 8.16. The Morgan fingerprint density at radius 2 is 2.04 bits per heavy atom. The van der Waals surface area contributed by atoms with Crippen molar-refractivity contribution in [3.8, 4) is 5.75 Å². The van der Waals surface area contributed by atoms with Crippen molar-refractivity contribution in [2.45, 2.75) is 39.2 Å². The normalized spacial score (nSPS) is 11.9. The molecule has 1 atom stereocenters. The highest BCUT2D eigenvalue weighted by molar-refractivity contribution is 5.85. The maximum atomic E-state index is 11.9. The van der Waals surface area contributed by atoms with E-state index in [0.29, 0.717) is 30.6 Å². The monoisotopic (exact) mass is 347 g/mol. The van der Waals surface area contributed by atoms with Crippen LogP contribution in [0.4, 0.5) is 0 Å². The SMILES string of the molecule is CCC[C@H](NC(=O)COc1ccc2c(CC)cc(=O)oc2c1)C(=O)O. The third-order valence-corrected chi connectivity index (χ3v) is 3.76. The lowest BCUT2D eigenvalue weighted by atomic mass is 10.1. The van der Waals surface area contributed by atoms with Crippen LogP contribution in [0.2, 0.25) is 0 Å². The van der Waals surface area contributed by atoms with Crippen molar-refractivity contribution in [1.82, 2.24) is 5.32 Å². The van der Waals surface area contributed by atoms with E-state index in [-0.39, 0.29) is 6.61 Å². The molecule has 1 heterocycles. The molecule has 0 spiro atoms. The van der Waals surface area contributed by atoms with Crippen molar-refractivity contribution in [2.24, 2.45) is 0 Å². The maximum absolute atomic E-state index is 11.9. The van der Waals surface area contributed by atoms with Crippen LogP contribution in [0.5, 0.6) is 5.75 Å². The van der Waals surface area contributed by atoms with E-state index < -0.39 is 23.5 Å². The number of hydrogen-bond acceptors (Lipinski definition) is 5. The molecule has 0 bridgehead atoms. The summed E-state index contributed by atoms with van der Waals surface area (Å²) in [6.07, 6.45) is 1.68. The van der Waals surface area contributed by atoms with Gasteiger partial charge in [0.1, 0.15) is 17.4 Å². The molecular formula is C18H21NO6. The van der Waals surface area contributed by atoms with Crippen molar-refractivity contribution in [3.63, 3.8) is 0 Å². The van der Waals surface area contributed by atoms with Gasteiger partial charge in [-0.1, -0.05) is 20.3 Å². The van der Waals surface area contributed by atoms with Crippen LogP contribution in [0, 0.1) is 0 Å². The van der Waals surface area contributed by atoms with Gasteiger partial charge in [0, 0.05) is 17.5 Å². The number of carboxylic acid groups (broad SMARTS) is 1. The van der Waals surface area contributed by atoms with Crippen LogP contribution < -0.4 is 15.7 Å². The number of hydrogen-bond donors (Lipinski definition) is 2. The second-order valence-corrected chi connectivity index (χ2v) is 5.64. The number of fused-ring (bicyclic) bond motifs is 1. The van der Waals surface area contributed by atoms with Crippen molar-refractivity contribution in [3.05, 3.63) is 40.2 Å². The third-order valence-electron chi connectivity index (χ3n) is 3.76. The van der Waals surface area contributed by atoms with Gasteiger partial charge < -0.3 is 19.6 Å². The van der Waals surface area contributed by atoms with Crippen molar-refractivity contribution in [2.75, 3.05) is 6.61 Å². The number of carboxylic acids is 1. The molecule has 1 amide bonds. The summed E-state index contributed by atoms with van der Waals surface area (Å²) >= 11 is 0. The molecule has 0 radical (unpaired) electrons. The van der Waals surface area contributed by atoms with Gasteiger partial charge in [-0.3, -0.25) is 4.79 Å². The lowest BCUT2D eigenvalue weighted by molar-refractivity contribution is -0.142. The molecule has 7 heteroatoms. The van der Waals surface area contributed by atoms with Crippen molar-refractivity contribution < 1.29 is 23.8 Å². The summed E-state index contributed by atoms with van der Waals surface area (Å²) in [5.74, 6) is -1.24. The van der Waals surface area contributed by atoms with E-state index in [1.54, 1.807) is 18.2 Å². The van der Waals surface area contributed by atoms with Gasteiger partial charge in [0.2, 0.25) is 0 Å². The fourth-order valence-corrected chi connectivity index (χ4v) is 2.52. The quantitative estimate of drug-likeness (QED) is 0.709. The Morgan fingerprint density at radius 3 is 2.68 bits per heavy atom. The summed E-state index contributed by atoms with van der Waals surface area (Å²) in [6.45, 7) is 3.46. The molecule has 0 unspecified atom stereocenters. The lowest BCUT2D eigenvalue weighted by Gasteiger charge is -2.14. The zero-order valence-corrected chi connectivity index (χ0v) is 14.2. The number of amides is 1. The number of ether oxygens (including phenoxy) is 1. The standard InChI is InChI=1S/C18H21NO6/c1-3-5-14(18(22)23)19-16(20)10-24-12-6-7-13-11(4-2)8-17(21)25-15(13)9-12/h6-9,14H,3-5,10H2,1-2H3,(H,19,20)(H,22,23)/t14-/m0/s1. The fraction of sp³-hybridized carbons (Fsp3) is 0.389. The molecule has 1 aromatic heterocycles. The van der Waals surface area contributed by atoms with Crippen LogP contribution in [0.15, 0.2) is 33.5 Å².